The molecular weight excluding hydrogens is 316 g/mol. The molecule has 0 aromatic carbocycles. The Morgan fingerprint density at radius 1 is 0.667 bits per heavy atom. The van der Waals surface area contributed by atoms with E-state index in [0.717, 1.165) is 12.8 Å². The minimum absolute atomic E-state index is 0.185. The molecule has 0 aromatic rings. The van der Waals surface area contributed by atoms with Gasteiger partial charge in [-0.1, -0.05) is 41.5 Å². The molecule has 0 unspecified atom stereocenters. The summed E-state index contributed by atoms with van der Waals surface area (Å²) in [6.07, 6.45) is 0.477. The van der Waals surface area contributed by atoms with Gasteiger partial charge in [-0.05, 0) is 61.4 Å². The minimum Gasteiger partial charge on any atom is -0.226 e. The average Bonchev–Trinajstić information content (AvgIpc) is 2.46. The summed E-state index contributed by atoms with van der Waals surface area (Å²) in [4.78, 5) is 30.4. The smallest absolute Gasteiger partial charge is 0.226 e. The standard InChI is InChI=1S/C17H34O7/c1-11-14(3,4)16(7,8)21-23-19-13(18)20-24-22-17(9,10)15(5,6)12-2/h11-12H2,1-10H3. The van der Waals surface area contributed by atoms with E-state index in [2.05, 4.69) is 19.9 Å². The van der Waals surface area contributed by atoms with E-state index in [-0.39, 0.29) is 10.8 Å². The first-order valence-corrected chi connectivity index (χ1v) is 8.31. The summed E-state index contributed by atoms with van der Waals surface area (Å²) in [6, 6.07) is 0. The fraction of sp³-hybridized carbons (Fsp3) is 0.941. The highest BCUT2D eigenvalue weighted by molar-refractivity contribution is 5.57. The van der Waals surface area contributed by atoms with Crippen molar-refractivity contribution in [1.29, 1.82) is 0 Å². The first-order chi connectivity index (χ1) is 10.7. The SMILES string of the molecule is CCC(C)(C)C(C)(C)OOOC(=O)OOOC(C)(C)C(C)(C)CC. The predicted molar refractivity (Wildman–Crippen MR) is 88.2 cm³/mol. The van der Waals surface area contributed by atoms with Gasteiger partial charge >= 0.3 is 6.16 Å². The zero-order valence-electron chi connectivity index (χ0n) is 16.8. The van der Waals surface area contributed by atoms with Gasteiger partial charge in [0.2, 0.25) is 0 Å². The fourth-order valence-corrected chi connectivity index (χ4v) is 1.35. The van der Waals surface area contributed by atoms with E-state index >= 15 is 0 Å². The van der Waals surface area contributed by atoms with Crippen molar-refractivity contribution in [3.63, 3.8) is 0 Å². The van der Waals surface area contributed by atoms with Crippen LogP contribution in [0.4, 0.5) is 4.79 Å². The Bertz CT molecular complexity index is 364. The topological polar surface area (TPSA) is 72.5 Å². The lowest BCUT2D eigenvalue weighted by atomic mass is 9.75. The summed E-state index contributed by atoms with van der Waals surface area (Å²) in [6.45, 7) is 19.5. The van der Waals surface area contributed by atoms with Gasteiger partial charge in [-0.2, -0.15) is 14.6 Å². The number of rotatable bonds is 10. The molecular formula is C17H34O7. The van der Waals surface area contributed by atoms with Crippen molar-refractivity contribution in [2.24, 2.45) is 10.8 Å². The molecule has 0 bridgehead atoms. The van der Waals surface area contributed by atoms with Crippen molar-refractivity contribution in [1.82, 2.24) is 0 Å². The first kappa shape index (κ1) is 23.1. The highest BCUT2D eigenvalue weighted by Gasteiger charge is 2.40. The maximum Gasteiger partial charge on any atom is 0.577 e. The zero-order chi connectivity index (χ0) is 19.2. The van der Waals surface area contributed by atoms with E-state index in [0.29, 0.717) is 0 Å². The van der Waals surface area contributed by atoms with Crippen LogP contribution in [0, 0.1) is 10.8 Å². The van der Waals surface area contributed by atoms with Gasteiger partial charge < -0.3 is 0 Å². The Morgan fingerprint density at radius 3 is 1.21 bits per heavy atom. The van der Waals surface area contributed by atoms with Gasteiger partial charge in [0.05, 0.1) is 0 Å². The molecule has 0 heterocycles. The second kappa shape index (κ2) is 8.47. The van der Waals surface area contributed by atoms with Gasteiger partial charge in [-0.25, -0.2) is 9.78 Å². The average molecular weight is 350 g/mol. The molecule has 7 heteroatoms. The lowest BCUT2D eigenvalue weighted by molar-refractivity contribution is -0.561. The van der Waals surface area contributed by atoms with Crippen LogP contribution < -0.4 is 0 Å². The molecule has 0 aromatic heterocycles. The molecule has 0 aliphatic heterocycles. The lowest BCUT2D eigenvalue weighted by Crippen LogP contribution is -2.42. The fourth-order valence-electron chi connectivity index (χ4n) is 1.35. The summed E-state index contributed by atoms with van der Waals surface area (Å²) < 4.78 is 0. The molecule has 0 saturated heterocycles. The molecule has 0 amide bonds. The molecule has 0 fully saturated rings. The Labute approximate surface area is 145 Å². The summed E-state index contributed by atoms with van der Waals surface area (Å²) >= 11 is 0. The van der Waals surface area contributed by atoms with Crippen LogP contribution in [0.25, 0.3) is 0 Å². The van der Waals surface area contributed by atoms with Gasteiger partial charge in [0.25, 0.3) is 0 Å². The van der Waals surface area contributed by atoms with Crippen molar-refractivity contribution in [2.45, 2.75) is 93.3 Å². The maximum absolute atomic E-state index is 11.4. The molecule has 0 N–H and O–H groups in total. The summed E-state index contributed by atoms with van der Waals surface area (Å²) in [5.41, 5.74) is -1.72. The lowest BCUT2D eigenvalue weighted by Gasteiger charge is -2.38. The molecule has 0 saturated carbocycles. The third-order valence-electron chi connectivity index (χ3n) is 5.72. The minimum atomic E-state index is -1.23. The van der Waals surface area contributed by atoms with E-state index in [1.54, 1.807) is 0 Å². The molecule has 0 rings (SSSR count). The Hall–Kier alpha value is -0.890. The van der Waals surface area contributed by atoms with Crippen LogP contribution in [-0.4, -0.2) is 17.4 Å². The normalized spacial score (nSPS) is 13.8. The van der Waals surface area contributed by atoms with Crippen LogP contribution in [0.2, 0.25) is 0 Å². The largest absolute Gasteiger partial charge is 0.577 e. The zero-order valence-corrected chi connectivity index (χ0v) is 16.8. The number of carbonyl (C=O) groups is 1. The van der Waals surface area contributed by atoms with Crippen LogP contribution in [-0.2, 0) is 29.6 Å². The second-order valence-corrected chi connectivity index (χ2v) is 8.21. The summed E-state index contributed by atoms with van der Waals surface area (Å²) in [5.74, 6) is 0. The molecule has 144 valence electrons. The highest BCUT2D eigenvalue weighted by atomic mass is 17.6. The van der Waals surface area contributed by atoms with Crippen LogP contribution >= 0.6 is 0 Å². The molecule has 0 atom stereocenters. The Morgan fingerprint density at radius 2 is 0.958 bits per heavy atom. The quantitative estimate of drug-likeness (QED) is 0.391. The van der Waals surface area contributed by atoms with Gasteiger partial charge in [-0.3, -0.25) is 0 Å². The highest BCUT2D eigenvalue weighted by Crippen LogP contribution is 2.37. The van der Waals surface area contributed by atoms with E-state index < -0.39 is 17.4 Å². The van der Waals surface area contributed by atoms with Crippen LogP contribution in [0.5, 0.6) is 0 Å². The van der Waals surface area contributed by atoms with Crippen LogP contribution in [0.15, 0.2) is 0 Å². The van der Waals surface area contributed by atoms with Crippen molar-refractivity contribution in [2.75, 3.05) is 0 Å². The maximum atomic E-state index is 11.4. The predicted octanol–water partition coefficient (Wildman–Crippen LogP) is 5.30. The number of hydrogen-bond donors (Lipinski definition) is 0. The van der Waals surface area contributed by atoms with Gasteiger partial charge in [0, 0.05) is 0 Å². The molecule has 0 spiro atoms. The molecule has 0 aliphatic carbocycles. The van der Waals surface area contributed by atoms with Crippen LogP contribution in [0.3, 0.4) is 0 Å². The molecule has 24 heavy (non-hydrogen) atoms. The number of hydrogen-bond acceptors (Lipinski definition) is 7. The van der Waals surface area contributed by atoms with Gasteiger partial charge in [-0.15, -0.1) is 0 Å². The van der Waals surface area contributed by atoms with E-state index in [1.165, 1.54) is 0 Å². The van der Waals surface area contributed by atoms with Crippen molar-refractivity contribution in [3.8, 4) is 0 Å². The molecule has 0 radical (unpaired) electrons. The van der Waals surface area contributed by atoms with Gasteiger partial charge in [0.1, 0.15) is 11.2 Å². The Balaban J connectivity index is 4.22. The summed E-state index contributed by atoms with van der Waals surface area (Å²) in [7, 11) is 0. The second-order valence-electron chi connectivity index (χ2n) is 8.21. The van der Waals surface area contributed by atoms with Crippen LogP contribution in [0.1, 0.15) is 82.1 Å². The van der Waals surface area contributed by atoms with E-state index in [4.69, 9.17) is 9.78 Å². The third kappa shape index (κ3) is 6.20. The van der Waals surface area contributed by atoms with Gasteiger partial charge in [0.15, 0.2) is 0 Å². The molecule has 0 aliphatic rings. The summed E-state index contributed by atoms with van der Waals surface area (Å²) in [5, 5.41) is 9.02. The Kier molecular flexibility index (Phi) is 8.15. The first-order valence-electron chi connectivity index (χ1n) is 8.31. The van der Waals surface area contributed by atoms with Crippen molar-refractivity contribution >= 4 is 6.16 Å². The van der Waals surface area contributed by atoms with E-state index in [1.807, 2.05) is 69.2 Å². The number of carbonyl (C=O) groups excluding carboxylic acids is 1. The van der Waals surface area contributed by atoms with Crippen molar-refractivity contribution in [3.05, 3.63) is 0 Å². The van der Waals surface area contributed by atoms with Crippen molar-refractivity contribution < 1.29 is 34.4 Å². The monoisotopic (exact) mass is 350 g/mol. The third-order valence-corrected chi connectivity index (χ3v) is 5.72. The van der Waals surface area contributed by atoms with E-state index in [9.17, 15) is 4.79 Å². The molecule has 7 nitrogen and oxygen atoms in total.